The minimum absolute atomic E-state index is 0.500. The minimum atomic E-state index is -0.576. The number of aliphatic hydroxyl groups is 1. The van der Waals surface area contributed by atoms with Crippen LogP contribution in [-0.4, -0.2) is 18.7 Å². The van der Waals surface area contributed by atoms with E-state index < -0.39 is 6.10 Å². The molecule has 0 amide bonds. The Bertz CT molecular complexity index is 389. The van der Waals surface area contributed by atoms with E-state index in [9.17, 15) is 5.11 Å². The van der Waals surface area contributed by atoms with Gasteiger partial charge in [-0.15, -0.1) is 0 Å². The summed E-state index contributed by atoms with van der Waals surface area (Å²) in [5.41, 5.74) is 0.817. The number of furan rings is 1. The molecule has 2 aromatic rings. The second-order valence-electron chi connectivity index (χ2n) is 3.26. The quantitative estimate of drug-likeness (QED) is 0.776. The van der Waals surface area contributed by atoms with E-state index in [2.05, 4.69) is 5.32 Å². The van der Waals surface area contributed by atoms with Crippen LogP contribution in [-0.2, 0) is 0 Å². The highest BCUT2D eigenvalue weighted by atomic mass is 16.4. The van der Waals surface area contributed by atoms with Crippen LogP contribution in [0.15, 0.2) is 34.7 Å². The van der Waals surface area contributed by atoms with Crippen molar-refractivity contribution in [3.8, 4) is 0 Å². The fourth-order valence-corrected chi connectivity index (χ4v) is 1.46. The second kappa shape index (κ2) is 3.82. The molecule has 3 heteroatoms. The van der Waals surface area contributed by atoms with Gasteiger partial charge in [-0.1, -0.05) is 18.2 Å². The van der Waals surface area contributed by atoms with Gasteiger partial charge >= 0.3 is 0 Å². The van der Waals surface area contributed by atoms with Gasteiger partial charge < -0.3 is 14.8 Å². The topological polar surface area (TPSA) is 45.4 Å². The Hall–Kier alpha value is -1.32. The summed E-state index contributed by atoms with van der Waals surface area (Å²) in [6.45, 7) is 0.500. The van der Waals surface area contributed by atoms with Crippen LogP contribution in [0, 0.1) is 0 Å². The van der Waals surface area contributed by atoms with Crippen molar-refractivity contribution in [2.75, 3.05) is 13.6 Å². The van der Waals surface area contributed by atoms with E-state index in [1.54, 1.807) is 7.05 Å². The van der Waals surface area contributed by atoms with Gasteiger partial charge in [0.25, 0.3) is 0 Å². The van der Waals surface area contributed by atoms with Gasteiger partial charge in [-0.2, -0.15) is 0 Å². The summed E-state index contributed by atoms with van der Waals surface area (Å²) < 4.78 is 5.49. The number of likely N-dealkylation sites (N-methyl/N-ethyl adjacent to an activating group) is 1. The van der Waals surface area contributed by atoms with Gasteiger partial charge in [0.05, 0.1) is 0 Å². The maximum Gasteiger partial charge on any atom is 0.135 e. The standard InChI is InChI=1S/C11H13NO2/c1-12-7-9(13)11-6-8-4-2-3-5-10(8)14-11/h2-6,9,12-13H,7H2,1H3/t9-/m0/s1. The zero-order chi connectivity index (χ0) is 9.97. The first-order valence-corrected chi connectivity index (χ1v) is 4.62. The molecule has 0 aliphatic carbocycles. The molecule has 14 heavy (non-hydrogen) atoms. The highest BCUT2D eigenvalue weighted by molar-refractivity contribution is 5.77. The van der Waals surface area contributed by atoms with Crippen molar-refractivity contribution in [1.29, 1.82) is 0 Å². The fourth-order valence-electron chi connectivity index (χ4n) is 1.46. The Labute approximate surface area is 82.3 Å². The van der Waals surface area contributed by atoms with E-state index in [1.807, 2.05) is 30.3 Å². The Kier molecular flexibility index (Phi) is 2.52. The summed E-state index contributed by atoms with van der Waals surface area (Å²) in [5.74, 6) is 0.612. The van der Waals surface area contributed by atoms with Gasteiger partial charge in [0, 0.05) is 11.9 Å². The van der Waals surface area contributed by atoms with Crippen molar-refractivity contribution in [3.05, 3.63) is 36.1 Å². The van der Waals surface area contributed by atoms with Crippen molar-refractivity contribution in [2.45, 2.75) is 6.10 Å². The third kappa shape index (κ3) is 1.64. The Morgan fingerprint density at radius 1 is 1.43 bits per heavy atom. The Morgan fingerprint density at radius 3 is 2.93 bits per heavy atom. The van der Waals surface area contributed by atoms with Crippen LogP contribution in [0.25, 0.3) is 11.0 Å². The molecule has 1 aromatic heterocycles. The van der Waals surface area contributed by atoms with Crippen molar-refractivity contribution in [3.63, 3.8) is 0 Å². The summed E-state index contributed by atoms with van der Waals surface area (Å²) in [4.78, 5) is 0. The van der Waals surface area contributed by atoms with E-state index >= 15 is 0 Å². The van der Waals surface area contributed by atoms with Crippen LogP contribution < -0.4 is 5.32 Å². The summed E-state index contributed by atoms with van der Waals surface area (Å²) in [6.07, 6.45) is -0.576. The first-order valence-electron chi connectivity index (χ1n) is 4.62. The monoisotopic (exact) mass is 191 g/mol. The van der Waals surface area contributed by atoms with Gasteiger partial charge in [-0.3, -0.25) is 0 Å². The van der Waals surface area contributed by atoms with Gasteiger partial charge in [0.15, 0.2) is 0 Å². The number of fused-ring (bicyclic) bond motifs is 1. The molecule has 0 saturated carbocycles. The molecule has 1 aromatic carbocycles. The summed E-state index contributed by atoms with van der Waals surface area (Å²) >= 11 is 0. The minimum Gasteiger partial charge on any atom is -0.458 e. The second-order valence-corrected chi connectivity index (χ2v) is 3.26. The van der Waals surface area contributed by atoms with Crippen molar-refractivity contribution in [1.82, 2.24) is 5.32 Å². The molecule has 0 spiro atoms. The number of rotatable bonds is 3. The maximum atomic E-state index is 9.67. The predicted molar refractivity (Wildman–Crippen MR) is 55.1 cm³/mol. The lowest BCUT2D eigenvalue weighted by Crippen LogP contribution is -2.15. The largest absolute Gasteiger partial charge is 0.458 e. The normalized spacial score (nSPS) is 13.3. The van der Waals surface area contributed by atoms with E-state index in [-0.39, 0.29) is 0 Å². The average molecular weight is 191 g/mol. The number of aliphatic hydroxyl groups excluding tert-OH is 1. The third-order valence-corrected chi connectivity index (χ3v) is 2.17. The molecule has 0 fully saturated rings. The molecule has 0 bridgehead atoms. The summed E-state index contributed by atoms with van der Waals surface area (Å²) in [5, 5.41) is 13.6. The molecule has 1 heterocycles. The van der Waals surface area contributed by atoms with Crippen molar-refractivity contribution < 1.29 is 9.52 Å². The molecule has 0 unspecified atom stereocenters. The van der Waals surface area contributed by atoms with Crippen LogP contribution in [0.5, 0.6) is 0 Å². The SMILES string of the molecule is CNC[C@H](O)c1cc2ccccc2o1. The molecule has 2 rings (SSSR count). The molecule has 0 aliphatic heterocycles. The lowest BCUT2D eigenvalue weighted by atomic mass is 10.2. The van der Waals surface area contributed by atoms with Crippen molar-refractivity contribution in [2.24, 2.45) is 0 Å². The highest BCUT2D eigenvalue weighted by Gasteiger charge is 2.11. The van der Waals surface area contributed by atoms with Gasteiger partial charge in [0.2, 0.25) is 0 Å². The zero-order valence-electron chi connectivity index (χ0n) is 8.03. The Morgan fingerprint density at radius 2 is 2.21 bits per heavy atom. The number of benzene rings is 1. The van der Waals surface area contributed by atoms with E-state index in [1.165, 1.54) is 0 Å². The molecule has 0 aliphatic rings. The van der Waals surface area contributed by atoms with Crippen LogP contribution in [0.2, 0.25) is 0 Å². The van der Waals surface area contributed by atoms with E-state index in [0.717, 1.165) is 11.0 Å². The van der Waals surface area contributed by atoms with Gasteiger partial charge in [-0.05, 0) is 19.2 Å². The maximum absolute atomic E-state index is 9.67. The van der Waals surface area contributed by atoms with E-state index in [4.69, 9.17) is 4.42 Å². The van der Waals surface area contributed by atoms with Crippen LogP contribution in [0.1, 0.15) is 11.9 Å². The molecule has 74 valence electrons. The highest BCUT2D eigenvalue weighted by Crippen LogP contribution is 2.23. The number of hydrogen-bond acceptors (Lipinski definition) is 3. The Balaban J connectivity index is 2.35. The summed E-state index contributed by atoms with van der Waals surface area (Å²) in [6, 6.07) is 9.60. The lowest BCUT2D eigenvalue weighted by Gasteiger charge is -2.04. The number of para-hydroxylation sites is 1. The summed E-state index contributed by atoms with van der Waals surface area (Å²) in [7, 11) is 1.80. The van der Waals surface area contributed by atoms with Crippen LogP contribution in [0.3, 0.4) is 0 Å². The number of nitrogens with one attached hydrogen (secondary N) is 1. The molecule has 2 N–H and O–H groups in total. The fraction of sp³-hybridized carbons (Fsp3) is 0.273. The average Bonchev–Trinajstić information content (AvgIpc) is 2.61. The van der Waals surface area contributed by atoms with Crippen molar-refractivity contribution >= 4 is 11.0 Å². The third-order valence-electron chi connectivity index (χ3n) is 2.17. The van der Waals surface area contributed by atoms with Crippen LogP contribution >= 0.6 is 0 Å². The lowest BCUT2D eigenvalue weighted by molar-refractivity contribution is 0.152. The molecule has 0 radical (unpaired) electrons. The first-order chi connectivity index (χ1) is 6.81. The number of hydrogen-bond donors (Lipinski definition) is 2. The van der Waals surface area contributed by atoms with Gasteiger partial charge in [-0.25, -0.2) is 0 Å². The van der Waals surface area contributed by atoms with Gasteiger partial charge in [0.1, 0.15) is 17.4 Å². The molecule has 3 nitrogen and oxygen atoms in total. The molecular formula is C11H13NO2. The smallest absolute Gasteiger partial charge is 0.135 e. The zero-order valence-corrected chi connectivity index (χ0v) is 8.03. The van der Waals surface area contributed by atoms with Crippen LogP contribution in [0.4, 0.5) is 0 Å². The first kappa shape index (κ1) is 9.24. The van der Waals surface area contributed by atoms with E-state index in [0.29, 0.717) is 12.3 Å². The molecule has 1 atom stereocenters. The molecule has 0 saturated heterocycles. The predicted octanol–water partition coefficient (Wildman–Crippen LogP) is 1.69. The molecular weight excluding hydrogens is 178 g/mol.